The highest BCUT2D eigenvalue weighted by atomic mass is 32.2. The van der Waals surface area contributed by atoms with E-state index in [1.165, 1.54) is 4.90 Å². The second kappa shape index (κ2) is 8.23. The van der Waals surface area contributed by atoms with Crippen molar-refractivity contribution in [1.82, 2.24) is 5.32 Å². The summed E-state index contributed by atoms with van der Waals surface area (Å²) in [5.74, 6) is 1.14. The number of amides is 1. The van der Waals surface area contributed by atoms with Gasteiger partial charge < -0.3 is 11.1 Å². The molecule has 0 aliphatic rings. The van der Waals surface area contributed by atoms with Crippen LogP contribution in [0.15, 0.2) is 29.2 Å². The highest BCUT2D eigenvalue weighted by Crippen LogP contribution is 2.20. The van der Waals surface area contributed by atoms with Gasteiger partial charge in [-0.05, 0) is 43.7 Å². The minimum atomic E-state index is 0.0428. The molecular formula is C15H24N2OS. The van der Waals surface area contributed by atoms with Crippen LogP contribution in [0.3, 0.4) is 0 Å². The Morgan fingerprint density at radius 2 is 1.95 bits per heavy atom. The molecule has 0 heterocycles. The van der Waals surface area contributed by atoms with E-state index in [-0.39, 0.29) is 18.0 Å². The molecule has 1 amide bonds. The predicted molar refractivity (Wildman–Crippen MR) is 82.3 cm³/mol. The van der Waals surface area contributed by atoms with Gasteiger partial charge in [-0.3, -0.25) is 4.79 Å². The van der Waals surface area contributed by atoms with Crippen molar-refractivity contribution in [3.05, 3.63) is 29.8 Å². The summed E-state index contributed by atoms with van der Waals surface area (Å²) in [6.45, 7) is 6.06. The summed E-state index contributed by atoms with van der Waals surface area (Å²) in [6.07, 6.45) is 1.22. The summed E-state index contributed by atoms with van der Waals surface area (Å²) in [6, 6.07) is 8.48. The van der Waals surface area contributed by atoms with E-state index in [0.29, 0.717) is 6.42 Å². The Balaban J connectivity index is 2.48. The summed E-state index contributed by atoms with van der Waals surface area (Å²) >= 11 is 1.82. The molecule has 19 heavy (non-hydrogen) atoms. The Kier molecular flexibility index (Phi) is 6.95. The fourth-order valence-corrected chi connectivity index (χ4v) is 2.44. The van der Waals surface area contributed by atoms with Crippen molar-refractivity contribution in [1.29, 1.82) is 0 Å². The van der Waals surface area contributed by atoms with Crippen molar-refractivity contribution >= 4 is 17.7 Å². The quantitative estimate of drug-likeness (QED) is 0.755. The van der Waals surface area contributed by atoms with E-state index in [9.17, 15) is 4.79 Å². The second-order valence-electron chi connectivity index (χ2n) is 4.81. The Labute approximate surface area is 120 Å². The molecule has 0 radical (unpaired) electrons. The molecule has 0 saturated heterocycles. The number of nitrogens with one attached hydrogen (secondary N) is 1. The number of carbonyl (C=O) groups excluding carboxylic acids is 1. The molecule has 0 aliphatic carbocycles. The van der Waals surface area contributed by atoms with E-state index in [4.69, 9.17) is 5.73 Å². The van der Waals surface area contributed by atoms with E-state index in [2.05, 4.69) is 36.5 Å². The second-order valence-corrected chi connectivity index (χ2v) is 6.14. The lowest BCUT2D eigenvalue weighted by Gasteiger charge is -2.15. The zero-order chi connectivity index (χ0) is 14.3. The van der Waals surface area contributed by atoms with Gasteiger partial charge in [-0.2, -0.15) is 0 Å². The van der Waals surface area contributed by atoms with Gasteiger partial charge in [-0.15, -0.1) is 11.8 Å². The first kappa shape index (κ1) is 16.1. The van der Waals surface area contributed by atoms with Crippen LogP contribution in [0.5, 0.6) is 0 Å². The van der Waals surface area contributed by atoms with E-state index < -0.39 is 0 Å². The van der Waals surface area contributed by atoms with Crippen LogP contribution < -0.4 is 11.1 Å². The summed E-state index contributed by atoms with van der Waals surface area (Å²) < 4.78 is 0. The van der Waals surface area contributed by atoms with Crippen LogP contribution in [0.4, 0.5) is 0 Å². The van der Waals surface area contributed by atoms with Crippen LogP contribution in [0, 0.1) is 0 Å². The van der Waals surface area contributed by atoms with Crippen molar-refractivity contribution in [2.75, 3.05) is 5.75 Å². The van der Waals surface area contributed by atoms with Crippen LogP contribution in [0.2, 0.25) is 0 Å². The van der Waals surface area contributed by atoms with Gasteiger partial charge in [0.05, 0.1) is 6.04 Å². The monoisotopic (exact) mass is 280 g/mol. The molecule has 106 valence electrons. The minimum Gasteiger partial charge on any atom is -0.350 e. The number of rotatable bonds is 7. The first-order valence-corrected chi connectivity index (χ1v) is 7.79. The van der Waals surface area contributed by atoms with Crippen molar-refractivity contribution in [2.24, 2.45) is 5.73 Å². The van der Waals surface area contributed by atoms with Gasteiger partial charge in [0, 0.05) is 17.4 Å². The molecule has 2 atom stereocenters. The van der Waals surface area contributed by atoms with E-state index in [0.717, 1.165) is 17.7 Å². The summed E-state index contributed by atoms with van der Waals surface area (Å²) in [4.78, 5) is 13.0. The maximum atomic E-state index is 11.7. The zero-order valence-electron chi connectivity index (χ0n) is 12.0. The van der Waals surface area contributed by atoms with Gasteiger partial charge in [-0.25, -0.2) is 0 Å². The van der Waals surface area contributed by atoms with Crippen LogP contribution in [-0.2, 0) is 4.79 Å². The Hall–Kier alpha value is -1.00. The minimum absolute atomic E-state index is 0.0428. The number of benzene rings is 1. The summed E-state index contributed by atoms with van der Waals surface area (Å²) in [5, 5.41) is 3.00. The average Bonchev–Trinajstić information content (AvgIpc) is 2.37. The molecule has 3 N–H and O–H groups in total. The largest absolute Gasteiger partial charge is 0.350 e. The molecule has 0 fully saturated rings. The Morgan fingerprint density at radius 1 is 1.32 bits per heavy atom. The van der Waals surface area contributed by atoms with Gasteiger partial charge in [0.15, 0.2) is 0 Å². The maximum absolute atomic E-state index is 11.7. The van der Waals surface area contributed by atoms with Crippen molar-refractivity contribution in [3.8, 4) is 0 Å². The molecule has 1 aromatic rings. The van der Waals surface area contributed by atoms with Gasteiger partial charge in [0.1, 0.15) is 0 Å². The number of thioether (sulfide) groups is 1. The molecular weight excluding hydrogens is 256 g/mol. The highest BCUT2D eigenvalue weighted by molar-refractivity contribution is 7.99. The number of nitrogens with two attached hydrogens (primary N) is 1. The van der Waals surface area contributed by atoms with E-state index in [1.807, 2.05) is 25.6 Å². The topological polar surface area (TPSA) is 55.1 Å². The maximum Gasteiger partial charge on any atom is 0.220 e. The van der Waals surface area contributed by atoms with Crippen molar-refractivity contribution < 1.29 is 4.79 Å². The molecule has 0 bridgehead atoms. The Morgan fingerprint density at radius 3 is 2.47 bits per heavy atom. The molecule has 3 nitrogen and oxygen atoms in total. The van der Waals surface area contributed by atoms with Gasteiger partial charge in [0.2, 0.25) is 5.91 Å². The predicted octanol–water partition coefficient (Wildman–Crippen LogP) is 3.10. The lowest BCUT2D eigenvalue weighted by atomic mass is 10.1. The first-order valence-electron chi connectivity index (χ1n) is 6.80. The van der Waals surface area contributed by atoms with Crippen molar-refractivity contribution in [2.45, 2.75) is 50.6 Å². The standard InChI is InChI=1S/C15H24N2OS/c1-4-19-14-8-6-13(7-9-14)12(3)17-15(18)10-5-11(2)16/h6-9,11-12H,4-5,10,16H2,1-3H3,(H,17,18). The molecule has 0 aromatic heterocycles. The normalized spacial score (nSPS) is 13.9. The van der Waals surface area contributed by atoms with Crippen molar-refractivity contribution in [3.63, 3.8) is 0 Å². The number of hydrogen-bond donors (Lipinski definition) is 2. The van der Waals surface area contributed by atoms with Gasteiger partial charge >= 0.3 is 0 Å². The lowest BCUT2D eigenvalue weighted by molar-refractivity contribution is -0.121. The third-order valence-corrected chi connectivity index (χ3v) is 3.79. The molecule has 0 spiro atoms. The number of hydrogen-bond acceptors (Lipinski definition) is 3. The lowest BCUT2D eigenvalue weighted by Crippen LogP contribution is -2.28. The first-order chi connectivity index (χ1) is 9.02. The third-order valence-electron chi connectivity index (χ3n) is 2.90. The summed E-state index contributed by atoms with van der Waals surface area (Å²) in [7, 11) is 0. The van der Waals surface area contributed by atoms with Gasteiger partial charge in [-0.1, -0.05) is 19.1 Å². The van der Waals surface area contributed by atoms with Gasteiger partial charge in [0.25, 0.3) is 0 Å². The zero-order valence-corrected chi connectivity index (χ0v) is 12.8. The molecule has 2 unspecified atom stereocenters. The third kappa shape index (κ3) is 6.12. The van der Waals surface area contributed by atoms with Crippen LogP contribution >= 0.6 is 11.8 Å². The number of carbonyl (C=O) groups is 1. The molecule has 0 saturated carbocycles. The fraction of sp³-hybridized carbons (Fsp3) is 0.533. The van der Waals surface area contributed by atoms with E-state index in [1.54, 1.807) is 0 Å². The smallest absolute Gasteiger partial charge is 0.220 e. The molecule has 1 aromatic carbocycles. The molecule has 4 heteroatoms. The van der Waals surface area contributed by atoms with Crippen LogP contribution in [0.25, 0.3) is 0 Å². The Bertz CT molecular complexity index is 390. The molecule has 0 aliphatic heterocycles. The highest BCUT2D eigenvalue weighted by Gasteiger charge is 2.10. The van der Waals surface area contributed by atoms with Crippen LogP contribution in [-0.4, -0.2) is 17.7 Å². The van der Waals surface area contributed by atoms with Crippen LogP contribution in [0.1, 0.15) is 45.2 Å². The SMILES string of the molecule is CCSc1ccc(C(C)NC(=O)CCC(C)N)cc1. The average molecular weight is 280 g/mol. The summed E-state index contributed by atoms with van der Waals surface area (Å²) in [5.41, 5.74) is 6.78. The van der Waals surface area contributed by atoms with E-state index >= 15 is 0 Å². The molecule has 1 rings (SSSR count). The fourth-order valence-electron chi connectivity index (χ4n) is 1.78.